The third-order valence-electron chi connectivity index (χ3n) is 6.29. The third kappa shape index (κ3) is 7.31. The molecule has 2 N–H and O–H groups in total. The van der Waals surface area contributed by atoms with Gasteiger partial charge in [0, 0.05) is 24.3 Å². The third-order valence-corrected chi connectivity index (χ3v) is 9.81. The number of aryl methyl sites for hydroxylation is 1. The summed E-state index contributed by atoms with van der Waals surface area (Å²) in [5.41, 5.74) is 3.54. The van der Waals surface area contributed by atoms with Crippen LogP contribution in [0.15, 0.2) is 88.1 Å². The standard InChI is InChI=1S/C28H29N3O5S3/c1-19-30-31-28(38-19)37-18-24-15-26(22-11-9-21(17-32)10-12-22)36-27(35-24)23-13-7-20(8-14-23)16-29-39(33,34)25-5-3-2-4-6-25/h2-14,24,26-27,29,32H,15-18H2,1H3/t24-,26+,27?/m0/s1. The maximum Gasteiger partial charge on any atom is 0.240 e. The van der Waals surface area contributed by atoms with Crippen molar-refractivity contribution in [2.24, 2.45) is 0 Å². The molecule has 8 nitrogen and oxygen atoms in total. The largest absolute Gasteiger partial charge is 0.392 e. The minimum absolute atomic E-state index is 0.00801. The Morgan fingerprint density at radius 3 is 2.31 bits per heavy atom. The molecule has 4 aromatic rings. The van der Waals surface area contributed by atoms with E-state index in [0.717, 1.165) is 31.6 Å². The van der Waals surface area contributed by atoms with Crippen LogP contribution < -0.4 is 4.72 Å². The minimum atomic E-state index is -3.59. The zero-order valence-corrected chi connectivity index (χ0v) is 23.7. The summed E-state index contributed by atoms with van der Waals surface area (Å²) >= 11 is 3.19. The van der Waals surface area contributed by atoms with E-state index in [0.29, 0.717) is 12.2 Å². The van der Waals surface area contributed by atoms with E-state index < -0.39 is 16.3 Å². The molecule has 3 atom stereocenters. The van der Waals surface area contributed by atoms with E-state index in [4.69, 9.17) is 9.47 Å². The van der Waals surface area contributed by atoms with Crippen molar-refractivity contribution in [2.75, 3.05) is 5.75 Å². The molecular weight excluding hydrogens is 555 g/mol. The van der Waals surface area contributed by atoms with Crippen LogP contribution >= 0.6 is 23.1 Å². The van der Waals surface area contributed by atoms with Crippen LogP contribution in [0, 0.1) is 6.92 Å². The van der Waals surface area contributed by atoms with Crippen molar-refractivity contribution in [1.29, 1.82) is 0 Å². The molecule has 1 aromatic heterocycles. The Kier molecular flexibility index (Phi) is 9.08. The second-order valence-electron chi connectivity index (χ2n) is 9.13. The van der Waals surface area contributed by atoms with Crippen molar-refractivity contribution in [3.63, 3.8) is 0 Å². The lowest BCUT2D eigenvalue weighted by Gasteiger charge is -2.36. The summed E-state index contributed by atoms with van der Waals surface area (Å²) in [4.78, 5) is 0.233. The number of ether oxygens (including phenoxy) is 2. The number of thioether (sulfide) groups is 1. The van der Waals surface area contributed by atoms with Crippen LogP contribution in [-0.2, 0) is 32.6 Å². The number of hydrogen-bond donors (Lipinski definition) is 2. The quantitative estimate of drug-likeness (QED) is 0.247. The minimum Gasteiger partial charge on any atom is -0.392 e. The lowest BCUT2D eigenvalue weighted by molar-refractivity contribution is -0.245. The lowest BCUT2D eigenvalue weighted by Crippen LogP contribution is -2.31. The Bertz CT molecular complexity index is 1460. The molecule has 1 aliphatic heterocycles. The summed E-state index contributed by atoms with van der Waals surface area (Å²) in [7, 11) is -3.59. The predicted molar refractivity (Wildman–Crippen MR) is 151 cm³/mol. The average molecular weight is 584 g/mol. The highest BCUT2D eigenvalue weighted by molar-refractivity contribution is 8.01. The van der Waals surface area contributed by atoms with E-state index in [9.17, 15) is 13.5 Å². The fourth-order valence-electron chi connectivity index (χ4n) is 4.18. The fourth-order valence-corrected chi connectivity index (χ4v) is 7.08. The lowest BCUT2D eigenvalue weighted by atomic mass is 10.0. The second-order valence-corrected chi connectivity index (χ2v) is 13.3. The number of nitrogens with zero attached hydrogens (tertiary/aromatic N) is 2. The SMILES string of the molecule is Cc1nnc(SC[C@@H]2C[C@H](c3ccc(CO)cc3)OC(c3ccc(CNS(=O)(=O)c4ccccc4)cc3)O2)s1. The van der Waals surface area contributed by atoms with Gasteiger partial charge in [-0.25, -0.2) is 13.1 Å². The summed E-state index contributed by atoms with van der Waals surface area (Å²) < 4.78 is 41.4. The van der Waals surface area contributed by atoms with Crippen LogP contribution in [0.3, 0.4) is 0 Å². The second kappa shape index (κ2) is 12.7. The van der Waals surface area contributed by atoms with E-state index in [1.54, 1.807) is 53.4 Å². The summed E-state index contributed by atoms with van der Waals surface area (Å²) in [6.07, 6.45) is -0.175. The fraction of sp³-hybridized carbons (Fsp3) is 0.286. The number of aromatic nitrogens is 2. The van der Waals surface area contributed by atoms with Crippen LogP contribution in [0.25, 0.3) is 0 Å². The van der Waals surface area contributed by atoms with E-state index in [1.807, 2.05) is 55.5 Å². The first kappa shape index (κ1) is 27.9. The summed E-state index contributed by atoms with van der Waals surface area (Å²) in [5, 5.41) is 18.6. The van der Waals surface area contributed by atoms with Crippen molar-refractivity contribution in [1.82, 2.24) is 14.9 Å². The van der Waals surface area contributed by atoms with Crippen LogP contribution in [0.4, 0.5) is 0 Å². The number of aliphatic hydroxyl groups excluding tert-OH is 1. The monoisotopic (exact) mass is 583 g/mol. The Morgan fingerprint density at radius 2 is 1.64 bits per heavy atom. The molecule has 1 aliphatic rings. The molecule has 3 aromatic carbocycles. The van der Waals surface area contributed by atoms with Gasteiger partial charge in [-0.1, -0.05) is 89.8 Å². The van der Waals surface area contributed by atoms with Gasteiger partial charge in [0.1, 0.15) is 5.01 Å². The summed E-state index contributed by atoms with van der Waals surface area (Å²) in [6.45, 7) is 2.10. The van der Waals surface area contributed by atoms with E-state index in [1.165, 1.54) is 0 Å². The molecule has 0 amide bonds. The Balaban J connectivity index is 1.28. The van der Waals surface area contributed by atoms with Crippen LogP contribution in [0.1, 0.15) is 46.1 Å². The number of hydrogen-bond acceptors (Lipinski definition) is 9. The molecule has 2 heterocycles. The average Bonchev–Trinajstić information content (AvgIpc) is 3.40. The zero-order valence-electron chi connectivity index (χ0n) is 21.3. The number of nitrogens with one attached hydrogen (secondary N) is 1. The zero-order chi connectivity index (χ0) is 27.2. The first-order valence-electron chi connectivity index (χ1n) is 12.5. The molecule has 0 radical (unpaired) electrons. The first-order chi connectivity index (χ1) is 18.9. The van der Waals surface area contributed by atoms with Gasteiger partial charge in [-0.05, 0) is 35.7 Å². The predicted octanol–water partition coefficient (Wildman–Crippen LogP) is 5.16. The van der Waals surface area contributed by atoms with Gasteiger partial charge in [-0.3, -0.25) is 0 Å². The Hall–Kier alpha value is -2.64. The number of benzene rings is 3. The van der Waals surface area contributed by atoms with Gasteiger partial charge in [-0.15, -0.1) is 10.2 Å². The molecule has 1 unspecified atom stereocenters. The smallest absolute Gasteiger partial charge is 0.240 e. The maximum absolute atomic E-state index is 12.6. The molecular formula is C28H29N3O5S3. The molecule has 0 aliphatic carbocycles. The molecule has 204 valence electrons. The Morgan fingerprint density at radius 1 is 0.949 bits per heavy atom. The van der Waals surface area contributed by atoms with Crippen LogP contribution in [0.2, 0.25) is 0 Å². The van der Waals surface area contributed by atoms with Gasteiger partial charge in [0.25, 0.3) is 0 Å². The van der Waals surface area contributed by atoms with Gasteiger partial charge in [0.2, 0.25) is 10.0 Å². The van der Waals surface area contributed by atoms with Gasteiger partial charge in [-0.2, -0.15) is 0 Å². The molecule has 1 saturated heterocycles. The molecule has 0 bridgehead atoms. The number of aliphatic hydroxyl groups is 1. The molecule has 0 saturated carbocycles. The van der Waals surface area contributed by atoms with Crippen LogP contribution in [0.5, 0.6) is 0 Å². The van der Waals surface area contributed by atoms with Crippen molar-refractivity contribution < 1.29 is 23.0 Å². The van der Waals surface area contributed by atoms with Gasteiger partial charge < -0.3 is 14.6 Å². The summed E-state index contributed by atoms with van der Waals surface area (Å²) in [5.74, 6) is 0.707. The van der Waals surface area contributed by atoms with Crippen molar-refractivity contribution in [3.05, 3.63) is 106 Å². The number of sulfonamides is 1. The highest BCUT2D eigenvalue weighted by Gasteiger charge is 2.32. The highest BCUT2D eigenvalue weighted by Crippen LogP contribution is 2.39. The number of rotatable bonds is 10. The summed E-state index contributed by atoms with van der Waals surface area (Å²) in [6, 6.07) is 23.7. The molecule has 11 heteroatoms. The van der Waals surface area contributed by atoms with Crippen molar-refractivity contribution in [2.45, 2.75) is 54.2 Å². The van der Waals surface area contributed by atoms with E-state index >= 15 is 0 Å². The van der Waals surface area contributed by atoms with Crippen molar-refractivity contribution in [3.8, 4) is 0 Å². The molecule has 39 heavy (non-hydrogen) atoms. The topological polar surface area (TPSA) is 111 Å². The highest BCUT2D eigenvalue weighted by atomic mass is 32.2. The Labute approximate surface area is 236 Å². The molecule has 5 rings (SSSR count). The van der Waals surface area contributed by atoms with Gasteiger partial charge in [0.05, 0.1) is 23.7 Å². The molecule has 1 fully saturated rings. The van der Waals surface area contributed by atoms with Crippen molar-refractivity contribution >= 4 is 33.1 Å². The normalized spacial score (nSPS) is 19.7. The molecule has 0 spiro atoms. The van der Waals surface area contributed by atoms with Crippen LogP contribution in [-0.4, -0.2) is 35.6 Å². The first-order valence-corrected chi connectivity index (χ1v) is 15.8. The maximum atomic E-state index is 12.6. The van der Waals surface area contributed by atoms with E-state index in [-0.39, 0.29) is 30.3 Å². The van der Waals surface area contributed by atoms with E-state index in [2.05, 4.69) is 14.9 Å². The van der Waals surface area contributed by atoms with Gasteiger partial charge in [0.15, 0.2) is 10.6 Å². The van der Waals surface area contributed by atoms with Gasteiger partial charge >= 0.3 is 0 Å².